The van der Waals surface area contributed by atoms with Crippen LogP contribution in [0.1, 0.15) is 73.7 Å². The highest BCUT2D eigenvalue weighted by atomic mass is 15.2. The lowest BCUT2D eigenvalue weighted by molar-refractivity contribution is 0.344. The third kappa shape index (κ3) is 3.06. The summed E-state index contributed by atoms with van der Waals surface area (Å²) >= 11 is 0. The number of nitrogens with two attached hydrogens (primary N) is 1. The lowest BCUT2D eigenvalue weighted by Gasteiger charge is -2.32. The van der Waals surface area contributed by atoms with Gasteiger partial charge in [-0.3, -0.25) is 5.10 Å². The van der Waals surface area contributed by atoms with Crippen molar-refractivity contribution < 1.29 is 0 Å². The molecule has 7 heteroatoms. The fraction of sp³-hybridized carbons (Fsp3) is 0.625. The first-order valence-corrected chi connectivity index (χ1v) is 8.38. The van der Waals surface area contributed by atoms with Gasteiger partial charge in [0.25, 0.3) is 0 Å². The monoisotopic (exact) mass is 313 g/mol. The largest absolute Gasteiger partial charge is 0.360 e. The Morgan fingerprint density at radius 3 is 2.61 bits per heavy atom. The Balaban J connectivity index is 1.56. The molecule has 1 atom stereocenters. The summed E-state index contributed by atoms with van der Waals surface area (Å²) < 4.78 is 0. The molecule has 4 N–H and O–H groups in total. The van der Waals surface area contributed by atoms with Gasteiger partial charge in [-0.2, -0.15) is 5.10 Å². The number of H-pyrrole nitrogens is 1. The molecule has 2 heterocycles. The van der Waals surface area contributed by atoms with E-state index in [0.29, 0.717) is 17.9 Å². The van der Waals surface area contributed by atoms with Crippen LogP contribution in [0.2, 0.25) is 0 Å². The van der Waals surface area contributed by atoms with Gasteiger partial charge < -0.3 is 11.1 Å². The van der Waals surface area contributed by atoms with Gasteiger partial charge in [0.15, 0.2) is 5.82 Å². The summed E-state index contributed by atoms with van der Waals surface area (Å²) in [7, 11) is 0. The van der Waals surface area contributed by atoms with Crippen LogP contribution in [0.3, 0.4) is 0 Å². The first-order chi connectivity index (χ1) is 11.1. The average Bonchev–Trinajstić information content (AvgIpc) is 3.25. The van der Waals surface area contributed by atoms with E-state index in [1.54, 1.807) is 0 Å². The van der Waals surface area contributed by atoms with E-state index in [1.165, 1.54) is 12.8 Å². The van der Waals surface area contributed by atoms with Crippen molar-refractivity contribution >= 4 is 5.82 Å². The van der Waals surface area contributed by atoms with Crippen LogP contribution >= 0.6 is 0 Å². The van der Waals surface area contributed by atoms with Crippen LogP contribution in [0.4, 0.5) is 5.82 Å². The van der Waals surface area contributed by atoms with Gasteiger partial charge in [-0.05, 0) is 39.5 Å². The van der Waals surface area contributed by atoms with Crippen LogP contribution < -0.4 is 11.1 Å². The Morgan fingerprint density at radius 2 is 2.00 bits per heavy atom. The number of anilines is 1. The summed E-state index contributed by atoms with van der Waals surface area (Å²) in [6, 6.07) is 2.39. The van der Waals surface area contributed by atoms with Crippen molar-refractivity contribution in [2.45, 2.75) is 63.5 Å². The number of hydrogen-bond acceptors (Lipinski definition) is 6. The second-order valence-electron chi connectivity index (χ2n) is 6.88. The average molecular weight is 313 g/mol. The van der Waals surface area contributed by atoms with E-state index in [9.17, 15) is 0 Å². The maximum Gasteiger partial charge on any atom is 0.172 e. The molecule has 2 aromatic rings. The van der Waals surface area contributed by atoms with E-state index in [4.69, 9.17) is 15.7 Å². The SMILES string of the molecule is Cc1nc([C@@H](C)Nc2cc(C3CC(N)C3)nc(C3CC3)n2)n[nH]1. The van der Waals surface area contributed by atoms with Gasteiger partial charge in [0.05, 0.1) is 6.04 Å². The summed E-state index contributed by atoms with van der Waals surface area (Å²) in [6.07, 6.45) is 4.44. The molecule has 0 aromatic carbocycles. The molecular formula is C16H23N7. The predicted molar refractivity (Wildman–Crippen MR) is 87.1 cm³/mol. The van der Waals surface area contributed by atoms with Crippen LogP contribution in [0, 0.1) is 6.92 Å². The van der Waals surface area contributed by atoms with Crippen molar-refractivity contribution in [3.05, 3.63) is 29.2 Å². The van der Waals surface area contributed by atoms with Crippen molar-refractivity contribution in [2.75, 3.05) is 5.32 Å². The number of rotatable bonds is 5. The molecule has 0 aliphatic heterocycles. The molecular weight excluding hydrogens is 290 g/mol. The van der Waals surface area contributed by atoms with Gasteiger partial charge >= 0.3 is 0 Å². The number of aryl methyl sites for hydroxylation is 1. The fourth-order valence-electron chi connectivity index (χ4n) is 3.04. The molecule has 0 spiro atoms. The quantitative estimate of drug-likeness (QED) is 0.781. The zero-order valence-corrected chi connectivity index (χ0v) is 13.6. The van der Waals surface area contributed by atoms with Crippen molar-refractivity contribution in [3.8, 4) is 0 Å². The van der Waals surface area contributed by atoms with Crippen molar-refractivity contribution in [3.63, 3.8) is 0 Å². The highest BCUT2D eigenvalue weighted by molar-refractivity contribution is 5.40. The molecule has 0 saturated heterocycles. The lowest BCUT2D eigenvalue weighted by Crippen LogP contribution is -2.35. The maximum absolute atomic E-state index is 5.93. The first kappa shape index (κ1) is 14.6. The van der Waals surface area contributed by atoms with Gasteiger partial charge in [-0.25, -0.2) is 15.0 Å². The van der Waals surface area contributed by atoms with E-state index >= 15 is 0 Å². The Morgan fingerprint density at radius 1 is 1.22 bits per heavy atom. The zero-order chi connectivity index (χ0) is 16.0. The van der Waals surface area contributed by atoms with Crippen LogP contribution in [0.15, 0.2) is 6.07 Å². The molecule has 0 amide bonds. The lowest BCUT2D eigenvalue weighted by atomic mass is 9.78. The van der Waals surface area contributed by atoms with Crippen molar-refractivity contribution in [1.29, 1.82) is 0 Å². The van der Waals surface area contributed by atoms with Gasteiger partial charge in [-0.1, -0.05) is 0 Å². The molecule has 0 bridgehead atoms. The summed E-state index contributed by atoms with van der Waals surface area (Å²) in [5.74, 6) is 4.43. The number of nitrogens with one attached hydrogen (secondary N) is 2. The standard InChI is InChI=1S/C16H23N7/c1-8(15-19-9(2)22-23-15)18-14-7-13(11-5-12(17)6-11)20-16(21-14)10-3-4-10/h7-8,10-12H,3-6,17H2,1-2H3,(H,18,20,21)(H,19,22,23)/t8-,11?,12?/m1/s1. The third-order valence-electron chi connectivity index (χ3n) is 4.66. The van der Waals surface area contributed by atoms with E-state index < -0.39 is 0 Å². The molecule has 4 rings (SSSR count). The third-order valence-corrected chi connectivity index (χ3v) is 4.66. The zero-order valence-electron chi connectivity index (χ0n) is 13.6. The predicted octanol–water partition coefficient (Wildman–Crippen LogP) is 2.16. The molecule has 122 valence electrons. The molecule has 2 saturated carbocycles. The minimum absolute atomic E-state index is 0.00148. The summed E-state index contributed by atoms with van der Waals surface area (Å²) in [5, 5.41) is 10.5. The fourth-order valence-corrected chi connectivity index (χ4v) is 3.04. The Labute approximate surface area is 135 Å². The van der Waals surface area contributed by atoms with E-state index in [2.05, 4.69) is 26.6 Å². The molecule has 2 aliphatic rings. The second-order valence-corrected chi connectivity index (χ2v) is 6.88. The molecule has 2 fully saturated rings. The first-order valence-electron chi connectivity index (χ1n) is 8.38. The normalized spacial score (nSPS) is 25.0. The Kier molecular flexibility index (Phi) is 3.52. The molecule has 2 aliphatic carbocycles. The summed E-state index contributed by atoms with van der Waals surface area (Å²) in [6.45, 7) is 3.94. The molecule has 7 nitrogen and oxygen atoms in total. The van der Waals surface area contributed by atoms with E-state index in [1.807, 2.05) is 13.8 Å². The molecule has 2 aromatic heterocycles. The highest BCUT2D eigenvalue weighted by Crippen LogP contribution is 2.41. The van der Waals surface area contributed by atoms with E-state index in [0.717, 1.165) is 41.8 Å². The highest BCUT2D eigenvalue weighted by Gasteiger charge is 2.32. The second kappa shape index (κ2) is 5.56. The summed E-state index contributed by atoms with van der Waals surface area (Å²) in [5.41, 5.74) is 7.06. The van der Waals surface area contributed by atoms with Gasteiger partial charge in [0, 0.05) is 29.6 Å². The van der Waals surface area contributed by atoms with E-state index in [-0.39, 0.29) is 6.04 Å². The number of hydrogen-bond donors (Lipinski definition) is 3. The Bertz CT molecular complexity index is 700. The number of aromatic amines is 1. The Hall–Kier alpha value is -2.02. The maximum atomic E-state index is 5.93. The molecule has 0 radical (unpaired) electrons. The number of aromatic nitrogens is 5. The van der Waals surface area contributed by atoms with Gasteiger partial charge in [0.1, 0.15) is 17.5 Å². The number of nitrogens with zero attached hydrogens (tertiary/aromatic N) is 4. The van der Waals surface area contributed by atoms with Crippen LogP contribution in [-0.4, -0.2) is 31.2 Å². The summed E-state index contributed by atoms with van der Waals surface area (Å²) in [4.78, 5) is 13.9. The van der Waals surface area contributed by atoms with Gasteiger partial charge in [0.2, 0.25) is 0 Å². The van der Waals surface area contributed by atoms with Crippen LogP contribution in [-0.2, 0) is 0 Å². The van der Waals surface area contributed by atoms with Crippen LogP contribution in [0.5, 0.6) is 0 Å². The minimum Gasteiger partial charge on any atom is -0.360 e. The van der Waals surface area contributed by atoms with Crippen molar-refractivity contribution in [2.24, 2.45) is 5.73 Å². The van der Waals surface area contributed by atoms with Crippen molar-refractivity contribution in [1.82, 2.24) is 25.1 Å². The van der Waals surface area contributed by atoms with Crippen LogP contribution in [0.25, 0.3) is 0 Å². The molecule has 23 heavy (non-hydrogen) atoms. The van der Waals surface area contributed by atoms with Gasteiger partial charge in [-0.15, -0.1) is 0 Å². The smallest absolute Gasteiger partial charge is 0.172 e. The minimum atomic E-state index is -0.00148. The molecule has 0 unspecified atom stereocenters. The topological polar surface area (TPSA) is 105 Å².